The SMILES string of the molecule is CCCCC(C(=O)c1ccccc1)C1CCCC(c2cccc(C(=O)C(CCCO)C3CCCCN3C)c2)N1C. The van der Waals surface area contributed by atoms with Gasteiger partial charge in [-0.25, -0.2) is 0 Å². The Labute approximate surface area is 242 Å². The first kappa shape index (κ1) is 30.6. The van der Waals surface area contributed by atoms with Gasteiger partial charge in [-0.15, -0.1) is 0 Å². The summed E-state index contributed by atoms with van der Waals surface area (Å²) in [5, 5.41) is 9.56. The van der Waals surface area contributed by atoms with E-state index in [4.69, 9.17) is 0 Å². The highest BCUT2D eigenvalue weighted by atomic mass is 16.3. The average Bonchev–Trinajstić information content (AvgIpc) is 2.99. The smallest absolute Gasteiger partial charge is 0.167 e. The Morgan fingerprint density at radius 1 is 0.825 bits per heavy atom. The third-order valence-electron chi connectivity index (χ3n) is 9.58. The lowest BCUT2D eigenvalue weighted by Crippen LogP contribution is -2.46. The molecule has 0 aliphatic carbocycles. The second-order valence-corrected chi connectivity index (χ2v) is 12.2. The van der Waals surface area contributed by atoms with Crippen LogP contribution in [0.15, 0.2) is 54.6 Å². The van der Waals surface area contributed by atoms with Gasteiger partial charge in [0.2, 0.25) is 0 Å². The Morgan fingerprint density at radius 2 is 1.50 bits per heavy atom. The molecular weight excluding hydrogens is 496 g/mol. The molecule has 5 unspecified atom stereocenters. The fraction of sp³-hybridized carbons (Fsp3) is 0.600. The van der Waals surface area contributed by atoms with Gasteiger partial charge in [-0.1, -0.05) is 74.7 Å². The molecule has 2 aromatic carbocycles. The van der Waals surface area contributed by atoms with E-state index >= 15 is 0 Å². The summed E-state index contributed by atoms with van der Waals surface area (Å²) in [6.07, 6.45) is 10.9. The van der Waals surface area contributed by atoms with Gasteiger partial charge in [0.15, 0.2) is 11.6 Å². The molecule has 0 radical (unpaired) electrons. The minimum absolute atomic E-state index is 0.0235. The van der Waals surface area contributed by atoms with Crippen LogP contribution in [0.2, 0.25) is 0 Å². The van der Waals surface area contributed by atoms with Crippen LogP contribution < -0.4 is 0 Å². The zero-order valence-corrected chi connectivity index (χ0v) is 24.9. The van der Waals surface area contributed by atoms with Crippen molar-refractivity contribution in [3.63, 3.8) is 0 Å². The first-order valence-electron chi connectivity index (χ1n) is 15.7. The van der Waals surface area contributed by atoms with E-state index in [1.807, 2.05) is 42.5 Å². The minimum atomic E-state index is -0.0912. The predicted molar refractivity (Wildman–Crippen MR) is 163 cm³/mol. The highest BCUT2D eigenvalue weighted by Crippen LogP contribution is 2.39. The van der Waals surface area contributed by atoms with Crippen LogP contribution in [0.3, 0.4) is 0 Å². The Balaban J connectivity index is 1.56. The molecule has 218 valence electrons. The standard InChI is InChI=1S/C35H50N2O3/c1-4-5-18-30(34(39)26-14-7-6-8-15-26)33-22-12-21-31(37(33)3)27-16-11-17-28(25-27)35(40)29(19-13-24-38)32-20-9-10-23-36(32)2/h6-8,11,14-17,25,29-33,38H,4-5,9-10,12-13,18-24H2,1-3H3. The zero-order chi connectivity index (χ0) is 28.5. The molecule has 0 aromatic heterocycles. The van der Waals surface area contributed by atoms with E-state index in [1.165, 1.54) is 12.0 Å². The van der Waals surface area contributed by atoms with Crippen molar-refractivity contribution in [3.8, 4) is 0 Å². The number of carbonyl (C=O) groups excluding carboxylic acids is 2. The molecule has 5 atom stereocenters. The summed E-state index contributed by atoms with van der Waals surface area (Å²) in [6.45, 7) is 3.34. The summed E-state index contributed by atoms with van der Waals surface area (Å²) in [6, 6.07) is 18.7. The monoisotopic (exact) mass is 546 g/mol. The van der Waals surface area contributed by atoms with Crippen LogP contribution in [0, 0.1) is 11.8 Å². The average molecular weight is 547 g/mol. The van der Waals surface area contributed by atoms with Gasteiger partial charge in [0.1, 0.15) is 0 Å². The lowest BCUT2D eigenvalue weighted by molar-refractivity contribution is 0.0541. The molecular formula is C35H50N2O3. The van der Waals surface area contributed by atoms with Gasteiger partial charge in [0, 0.05) is 47.7 Å². The number of carbonyl (C=O) groups is 2. The molecule has 2 aliphatic rings. The number of ketones is 2. The Hall–Kier alpha value is -2.34. The number of unbranched alkanes of at least 4 members (excludes halogenated alkanes) is 1. The Bertz CT molecular complexity index is 1090. The van der Waals surface area contributed by atoms with Crippen molar-refractivity contribution in [2.45, 2.75) is 95.7 Å². The molecule has 2 saturated heterocycles. The van der Waals surface area contributed by atoms with Gasteiger partial charge in [0.25, 0.3) is 0 Å². The van der Waals surface area contributed by atoms with E-state index in [-0.39, 0.29) is 48.1 Å². The molecule has 2 aliphatic heterocycles. The van der Waals surface area contributed by atoms with Crippen molar-refractivity contribution in [1.29, 1.82) is 0 Å². The van der Waals surface area contributed by atoms with E-state index in [0.29, 0.717) is 6.42 Å². The minimum Gasteiger partial charge on any atom is -0.396 e. The highest BCUT2D eigenvalue weighted by Gasteiger charge is 2.38. The highest BCUT2D eigenvalue weighted by molar-refractivity contribution is 5.99. The van der Waals surface area contributed by atoms with Crippen molar-refractivity contribution in [1.82, 2.24) is 9.80 Å². The van der Waals surface area contributed by atoms with E-state index in [1.54, 1.807) is 0 Å². The zero-order valence-electron chi connectivity index (χ0n) is 24.9. The summed E-state index contributed by atoms with van der Waals surface area (Å²) in [5.74, 6) is 0.360. The van der Waals surface area contributed by atoms with E-state index in [2.05, 4.69) is 43.0 Å². The number of likely N-dealkylation sites (tertiary alicyclic amines) is 2. The van der Waals surface area contributed by atoms with Gasteiger partial charge in [-0.3, -0.25) is 14.5 Å². The van der Waals surface area contributed by atoms with Crippen LogP contribution in [-0.2, 0) is 0 Å². The van der Waals surface area contributed by atoms with Crippen LogP contribution in [-0.4, -0.2) is 65.8 Å². The number of rotatable bonds is 13. The topological polar surface area (TPSA) is 60.9 Å². The van der Waals surface area contributed by atoms with Crippen LogP contribution in [0.25, 0.3) is 0 Å². The maximum Gasteiger partial charge on any atom is 0.167 e. The summed E-state index contributed by atoms with van der Waals surface area (Å²) < 4.78 is 0. The van der Waals surface area contributed by atoms with E-state index in [0.717, 1.165) is 75.5 Å². The summed E-state index contributed by atoms with van der Waals surface area (Å²) in [5.41, 5.74) is 2.78. The molecule has 5 nitrogen and oxygen atoms in total. The lowest BCUT2D eigenvalue weighted by atomic mass is 9.79. The molecule has 40 heavy (non-hydrogen) atoms. The number of piperidine rings is 2. The van der Waals surface area contributed by atoms with E-state index in [9.17, 15) is 14.7 Å². The maximum absolute atomic E-state index is 14.0. The van der Waals surface area contributed by atoms with Crippen LogP contribution in [0.4, 0.5) is 0 Å². The molecule has 0 spiro atoms. The van der Waals surface area contributed by atoms with Crippen molar-refractivity contribution in [2.75, 3.05) is 27.2 Å². The molecule has 0 bridgehead atoms. The molecule has 4 rings (SSSR count). The van der Waals surface area contributed by atoms with E-state index < -0.39 is 0 Å². The lowest BCUT2D eigenvalue weighted by Gasteiger charge is -2.43. The number of hydrogen-bond donors (Lipinski definition) is 1. The van der Waals surface area contributed by atoms with Crippen molar-refractivity contribution < 1.29 is 14.7 Å². The Morgan fingerprint density at radius 3 is 2.23 bits per heavy atom. The number of hydrogen-bond acceptors (Lipinski definition) is 5. The Kier molecular flexibility index (Phi) is 11.5. The second-order valence-electron chi connectivity index (χ2n) is 12.2. The molecule has 2 aromatic rings. The number of aliphatic hydroxyl groups is 1. The summed E-state index contributed by atoms with van der Waals surface area (Å²) in [4.78, 5) is 32.5. The third-order valence-corrected chi connectivity index (χ3v) is 9.58. The molecule has 0 saturated carbocycles. The van der Waals surface area contributed by atoms with Gasteiger partial charge < -0.3 is 10.0 Å². The van der Waals surface area contributed by atoms with Gasteiger partial charge in [-0.2, -0.15) is 0 Å². The van der Waals surface area contributed by atoms with Crippen LogP contribution in [0.5, 0.6) is 0 Å². The van der Waals surface area contributed by atoms with Gasteiger partial charge in [-0.05, 0) is 83.6 Å². The van der Waals surface area contributed by atoms with Crippen LogP contribution >= 0.6 is 0 Å². The fourth-order valence-electron chi connectivity index (χ4n) is 7.32. The molecule has 0 amide bonds. The second kappa shape index (κ2) is 15.0. The first-order valence-corrected chi connectivity index (χ1v) is 15.7. The normalized spacial score (nSPS) is 23.9. The fourth-order valence-corrected chi connectivity index (χ4v) is 7.32. The molecule has 1 N–H and O–H groups in total. The number of benzene rings is 2. The largest absolute Gasteiger partial charge is 0.396 e. The summed E-state index contributed by atoms with van der Waals surface area (Å²) >= 11 is 0. The van der Waals surface area contributed by atoms with Gasteiger partial charge in [0.05, 0.1) is 0 Å². The quantitative estimate of drug-likeness (QED) is 0.275. The molecule has 2 heterocycles. The number of aliphatic hydroxyl groups excluding tert-OH is 1. The number of nitrogens with zero attached hydrogens (tertiary/aromatic N) is 2. The van der Waals surface area contributed by atoms with Crippen molar-refractivity contribution in [2.24, 2.45) is 11.8 Å². The summed E-state index contributed by atoms with van der Waals surface area (Å²) in [7, 11) is 4.32. The molecule has 2 fully saturated rings. The van der Waals surface area contributed by atoms with Crippen LogP contribution in [0.1, 0.15) is 110 Å². The first-order chi connectivity index (χ1) is 19.5. The molecule has 5 heteroatoms. The maximum atomic E-state index is 14.0. The predicted octanol–water partition coefficient (Wildman–Crippen LogP) is 6.96. The van der Waals surface area contributed by atoms with Crippen molar-refractivity contribution in [3.05, 3.63) is 71.3 Å². The number of Topliss-reactive ketones (excluding diaryl/α,β-unsaturated/α-hetero) is 2. The van der Waals surface area contributed by atoms with Gasteiger partial charge >= 0.3 is 0 Å². The third kappa shape index (κ3) is 7.29. The van der Waals surface area contributed by atoms with Crippen molar-refractivity contribution >= 4 is 11.6 Å².